The summed E-state index contributed by atoms with van der Waals surface area (Å²) in [5.41, 5.74) is 2.39. The zero-order valence-corrected chi connectivity index (χ0v) is 21.1. The molecule has 1 aliphatic rings. The summed E-state index contributed by atoms with van der Waals surface area (Å²) in [6.45, 7) is 7.37. The van der Waals surface area contributed by atoms with Gasteiger partial charge in [0.05, 0.1) is 0 Å². The van der Waals surface area contributed by atoms with Gasteiger partial charge in [0.25, 0.3) is 0 Å². The maximum atomic E-state index is 13.2. The van der Waals surface area contributed by atoms with Gasteiger partial charge in [-0.2, -0.15) is 0 Å². The van der Waals surface area contributed by atoms with Crippen LogP contribution in [0.3, 0.4) is 0 Å². The molecule has 0 radical (unpaired) electrons. The molecular formula is C27H30N3O5P. The number of esters is 1. The maximum absolute atomic E-state index is 13.2. The normalized spacial score (nSPS) is 16.3. The van der Waals surface area contributed by atoms with Gasteiger partial charge in [0.2, 0.25) is 0 Å². The first-order chi connectivity index (χ1) is 17.4. The number of para-hydroxylation sites is 2. The summed E-state index contributed by atoms with van der Waals surface area (Å²) in [6.07, 6.45) is 0.205. The predicted octanol–water partition coefficient (Wildman–Crippen LogP) is 5.34. The molecule has 1 aliphatic heterocycles. The Balaban J connectivity index is 1.76. The summed E-state index contributed by atoms with van der Waals surface area (Å²) in [6, 6.07) is 25.3. The van der Waals surface area contributed by atoms with Crippen molar-refractivity contribution in [3.63, 3.8) is 0 Å². The van der Waals surface area contributed by atoms with Crippen LogP contribution in [0.1, 0.15) is 12.5 Å². The van der Waals surface area contributed by atoms with E-state index < -0.39 is 24.6 Å². The molecule has 0 aromatic heterocycles. The van der Waals surface area contributed by atoms with Gasteiger partial charge in [0, 0.05) is 0 Å². The third-order valence-corrected chi connectivity index (χ3v) is 10.1. The first-order valence-electron chi connectivity index (χ1n) is 11.8. The molecule has 1 fully saturated rings. The van der Waals surface area contributed by atoms with Crippen molar-refractivity contribution in [1.82, 2.24) is 0 Å². The Bertz CT molecular complexity index is 1170. The van der Waals surface area contributed by atoms with Crippen LogP contribution in [0.5, 0.6) is 0 Å². The Morgan fingerprint density at radius 2 is 1.50 bits per heavy atom. The quantitative estimate of drug-likeness (QED) is 0.181. The molecule has 188 valence electrons. The van der Waals surface area contributed by atoms with Crippen LogP contribution in [-0.2, 0) is 16.0 Å². The third-order valence-electron chi connectivity index (χ3n) is 6.45. The van der Waals surface area contributed by atoms with Gasteiger partial charge < -0.3 is 0 Å². The second kappa shape index (κ2) is 10.9. The number of nitrogens with zero attached hydrogens (tertiary/aromatic N) is 3. The summed E-state index contributed by atoms with van der Waals surface area (Å²) < 4.78 is 9.37. The molecule has 1 atom stereocenters. The van der Waals surface area contributed by atoms with E-state index in [1.807, 2.05) is 70.0 Å². The zero-order valence-electron chi connectivity index (χ0n) is 20.1. The fourth-order valence-electron chi connectivity index (χ4n) is 4.65. The summed E-state index contributed by atoms with van der Waals surface area (Å²) in [5.74, 6) is -1.31. The molecular weight excluding hydrogens is 477 g/mol. The number of anilines is 2. The molecule has 0 saturated carbocycles. The second-order valence-corrected chi connectivity index (χ2v) is 11.6. The van der Waals surface area contributed by atoms with Gasteiger partial charge in [-0.15, -0.1) is 0 Å². The van der Waals surface area contributed by atoms with Crippen LogP contribution in [0.15, 0.2) is 96.8 Å². The Morgan fingerprint density at radius 3 is 1.94 bits per heavy atom. The standard InChI is InChI=1S/C27H30N3O5P/c1-3-35-27(31)26(20-22-14-16-25(17-15-22)30(32)33)21(2)36(34)28(23-10-6-4-7-11-23)18-19-29(36)24-12-8-5-9-13-24/h4-17,26,34,36H,2-3,18-20H2,1H3. The molecule has 1 unspecified atom stereocenters. The number of nitro benzene ring substituents is 1. The van der Waals surface area contributed by atoms with Crippen LogP contribution in [-0.4, -0.2) is 35.5 Å². The van der Waals surface area contributed by atoms with Crippen LogP contribution in [0.25, 0.3) is 0 Å². The van der Waals surface area contributed by atoms with Crippen LogP contribution < -0.4 is 9.34 Å². The van der Waals surface area contributed by atoms with E-state index in [0.29, 0.717) is 24.0 Å². The fraction of sp³-hybridized carbons (Fsp3) is 0.222. The van der Waals surface area contributed by atoms with E-state index in [1.165, 1.54) is 12.1 Å². The Hall–Kier alpha value is -3.74. The van der Waals surface area contributed by atoms with E-state index in [2.05, 4.69) is 6.58 Å². The van der Waals surface area contributed by atoms with E-state index in [9.17, 15) is 19.8 Å². The van der Waals surface area contributed by atoms with Gasteiger partial charge in [0.15, 0.2) is 0 Å². The van der Waals surface area contributed by atoms with E-state index >= 15 is 0 Å². The number of hydrogen-bond donors (Lipinski definition) is 1. The fourth-order valence-corrected chi connectivity index (χ4v) is 8.17. The number of ether oxygens (including phenoxy) is 1. The van der Waals surface area contributed by atoms with E-state index in [4.69, 9.17) is 4.74 Å². The molecule has 36 heavy (non-hydrogen) atoms. The molecule has 1 heterocycles. The van der Waals surface area contributed by atoms with Crippen molar-refractivity contribution in [1.29, 1.82) is 0 Å². The Kier molecular flexibility index (Phi) is 7.67. The minimum absolute atomic E-state index is 0.0282. The van der Waals surface area contributed by atoms with Crippen molar-refractivity contribution in [2.75, 3.05) is 29.0 Å². The average molecular weight is 508 g/mol. The predicted molar refractivity (Wildman–Crippen MR) is 144 cm³/mol. The Morgan fingerprint density at radius 1 is 1.00 bits per heavy atom. The number of carbonyl (C=O) groups is 1. The van der Waals surface area contributed by atoms with E-state index in [1.54, 1.807) is 19.1 Å². The molecule has 3 aromatic carbocycles. The van der Waals surface area contributed by atoms with Crippen LogP contribution >= 0.6 is 7.79 Å². The first kappa shape index (κ1) is 25.4. The summed E-state index contributed by atoms with van der Waals surface area (Å²) in [7, 11) is -3.70. The number of carbonyl (C=O) groups excluding carboxylic acids is 1. The minimum atomic E-state index is -3.70. The summed E-state index contributed by atoms with van der Waals surface area (Å²) in [4.78, 5) is 36.4. The van der Waals surface area contributed by atoms with Crippen molar-refractivity contribution < 1.29 is 19.3 Å². The van der Waals surface area contributed by atoms with Crippen LogP contribution in [0.2, 0.25) is 0 Å². The van der Waals surface area contributed by atoms with Crippen molar-refractivity contribution in [2.24, 2.45) is 5.92 Å². The molecule has 1 N–H and O–H groups in total. The van der Waals surface area contributed by atoms with Crippen molar-refractivity contribution in [3.8, 4) is 0 Å². The molecule has 3 aromatic rings. The van der Waals surface area contributed by atoms with Crippen molar-refractivity contribution in [3.05, 3.63) is 113 Å². The SMILES string of the molecule is C=C(C(Cc1ccc([N+](=O)[O-])cc1)C(=O)OCC)[PH]1(O)N(c2ccccc2)CCN1c1ccccc1. The van der Waals surface area contributed by atoms with Gasteiger partial charge in [-0.1, -0.05) is 0 Å². The number of non-ortho nitro benzene ring substituents is 1. The molecule has 4 rings (SSSR count). The summed E-state index contributed by atoms with van der Waals surface area (Å²) >= 11 is 0. The first-order valence-corrected chi connectivity index (χ1v) is 13.7. The molecule has 0 amide bonds. The third kappa shape index (κ3) is 4.96. The molecule has 1 saturated heterocycles. The monoisotopic (exact) mass is 507 g/mol. The Labute approximate surface area is 211 Å². The molecule has 0 bridgehead atoms. The summed E-state index contributed by atoms with van der Waals surface area (Å²) in [5, 5.41) is 11.5. The zero-order chi connectivity index (χ0) is 25.7. The van der Waals surface area contributed by atoms with Crippen LogP contribution in [0.4, 0.5) is 17.1 Å². The van der Waals surface area contributed by atoms with Gasteiger partial charge in [-0.05, 0) is 0 Å². The number of hydrogen-bond acceptors (Lipinski definition) is 7. The number of nitro groups is 1. The van der Waals surface area contributed by atoms with E-state index in [0.717, 1.165) is 11.4 Å². The molecule has 0 aliphatic carbocycles. The molecule has 9 heteroatoms. The van der Waals surface area contributed by atoms with E-state index in [-0.39, 0.29) is 18.7 Å². The van der Waals surface area contributed by atoms with Crippen LogP contribution in [0, 0.1) is 16.0 Å². The topological polar surface area (TPSA) is 96.1 Å². The number of benzene rings is 3. The molecule has 0 spiro atoms. The van der Waals surface area contributed by atoms with Gasteiger partial charge >= 0.3 is 211 Å². The van der Waals surface area contributed by atoms with Gasteiger partial charge in [-0.3, -0.25) is 0 Å². The number of rotatable bonds is 9. The average Bonchev–Trinajstić information content (AvgIpc) is 3.26. The van der Waals surface area contributed by atoms with Gasteiger partial charge in [0.1, 0.15) is 0 Å². The van der Waals surface area contributed by atoms with Crippen molar-refractivity contribution >= 4 is 30.8 Å². The van der Waals surface area contributed by atoms with Crippen molar-refractivity contribution in [2.45, 2.75) is 13.3 Å². The molecule has 8 nitrogen and oxygen atoms in total. The second-order valence-electron chi connectivity index (χ2n) is 8.57. The van der Waals surface area contributed by atoms with Gasteiger partial charge in [-0.25, -0.2) is 0 Å².